The van der Waals surface area contributed by atoms with E-state index < -0.39 is 0 Å². The minimum atomic E-state index is 1.06. The highest BCUT2D eigenvalue weighted by atomic mass is 15.1. The third-order valence-corrected chi connectivity index (χ3v) is 5.19. The summed E-state index contributed by atoms with van der Waals surface area (Å²) in [7, 11) is 0. The smallest absolute Gasteiger partial charge is 0.0730 e. The molecule has 1 aliphatic heterocycles. The van der Waals surface area contributed by atoms with Crippen LogP contribution in [0.15, 0.2) is 72.8 Å². The van der Waals surface area contributed by atoms with Gasteiger partial charge in [0.25, 0.3) is 0 Å². The number of anilines is 1. The number of hydrogen-bond acceptors (Lipinski definition) is 2. The van der Waals surface area contributed by atoms with Crippen LogP contribution >= 0.6 is 0 Å². The van der Waals surface area contributed by atoms with Gasteiger partial charge in [-0.15, -0.1) is 0 Å². The molecule has 122 valence electrons. The molecule has 2 nitrogen and oxygen atoms in total. The molecule has 0 amide bonds. The summed E-state index contributed by atoms with van der Waals surface area (Å²) in [6.07, 6.45) is 2.56. The molecule has 1 aliphatic rings. The summed E-state index contributed by atoms with van der Waals surface area (Å²) in [5, 5.41) is 3.79. The lowest BCUT2D eigenvalue weighted by atomic mass is 10.0. The maximum absolute atomic E-state index is 4.96. The third kappa shape index (κ3) is 2.54. The van der Waals surface area contributed by atoms with E-state index in [2.05, 4.69) is 77.7 Å². The number of benzene rings is 3. The number of aromatic nitrogens is 1. The van der Waals surface area contributed by atoms with E-state index in [1.165, 1.54) is 40.3 Å². The highest BCUT2D eigenvalue weighted by Gasteiger charge is 2.17. The van der Waals surface area contributed by atoms with Crippen molar-refractivity contribution in [3.8, 4) is 11.3 Å². The summed E-state index contributed by atoms with van der Waals surface area (Å²) in [6.45, 7) is 2.29. The lowest BCUT2D eigenvalue weighted by Gasteiger charge is -2.21. The van der Waals surface area contributed by atoms with E-state index in [9.17, 15) is 0 Å². The Morgan fingerprint density at radius 1 is 0.720 bits per heavy atom. The van der Waals surface area contributed by atoms with E-state index in [-0.39, 0.29) is 0 Å². The number of fused-ring (bicyclic) bond motifs is 2. The monoisotopic (exact) mass is 324 g/mol. The van der Waals surface area contributed by atoms with Gasteiger partial charge in [-0.3, -0.25) is 0 Å². The molecule has 25 heavy (non-hydrogen) atoms. The topological polar surface area (TPSA) is 16.1 Å². The van der Waals surface area contributed by atoms with Gasteiger partial charge in [0.1, 0.15) is 0 Å². The first-order valence-corrected chi connectivity index (χ1v) is 9.02. The van der Waals surface area contributed by atoms with Crippen LogP contribution in [0.5, 0.6) is 0 Å². The SMILES string of the molecule is c1ccc2cc(-c3cc(N4CCCC4)c4ccccc4n3)ccc2c1. The molecule has 0 bridgehead atoms. The second-order valence-corrected chi connectivity index (χ2v) is 6.80. The summed E-state index contributed by atoms with van der Waals surface area (Å²) in [6, 6.07) is 25.9. The zero-order chi connectivity index (χ0) is 16.6. The van der Waals surface area contributed by atoms with Gasteiger partial charge >= 0.3 is 0 Å². The molecule has 2 heterocycles. The van der Waals surface area contributed by atoms with Gasteiger partial charge in [-0.2, -0.15) is 0 Å². The second-order valence-electron chi connectivity index (χ2n) is 6.80. The normalized spacial score (nSPS) is 14.5. The molecule has 1 saturated heterocycles. The second kappa shape index (κ2) is 5.89. The van der Waals surface area contributed by atoms with Gasteiger partial charge in [0.2, 0.25) is 0 Å². The minimum absolute atomic E-state index is 1.06. The zero-order valence-electron chi connectivity index (χ0n) is 14.2. The maximum Gasteiger partial charge on any atom is 0.0730 e. The van der Waals surface area contributed by atoms with Gasteiger partial charge in [-0.1, -0.05) is 54.6 Å². The first-order chi connectivity index (χ1) is 12.4. The molecular weight excluding hydrogens is 304 g/mol. The molecular formula is C23H20N2. The Bertz CT molecular complexity index is 1060. The molecule has 0 unspecified atom stereocenters. The minimum Gasteiger partial charge on any atom is -0.371 e. The van der Waals surface area contributed by atoms with Gasteiger partial charge in [-0.05, 0) is 41.8 Å². The Hall–Kier alpha value is -2.87. The standard InChI is InChI=1S/C23H20N2/c1-2-8-18-15-19(12-11-17(18)7-1)22-16-23(25-13-5-6-14-25)20-9-3-4-10-21(20)24-22/h1-4,7-12,15-16H,5-6,13-14H2. The molecule has 1 fully saturated rings. The van der Waals surface area contributed by atoms with E-state index in [1.54, 1.807) is 0 Å². The molecule has 4 aromatic rings. The zero-order valence-corrected chi connectivity index (χ0v) is 14.2. The molecule has 5 rings (SSSR count). The van der Waals surface area contributed by atoms with Crippen molar-refractivity contribution in [2.45, 2.75) is 12.8 Å². The fourth-order valence-electron chi connectivity index (χ4n) is 3.87. The van der Waals surface area contributed by atoms with E-state index in [4.69, 9.17) is 4.98 Å². The summed E-state index contributed by atoms with van der Waals surface area (Å²) in [5.41, 5.74) is 4.65. The van der Waals surface area contributed by atoms with Crippen molar-refractivity contribution in [3.05, 3.63) is 72.8 Å². The molecule has 3 aromatic carbocycles. The number of pyridine rings is 1. The van der Waals surface area contributed by atoms with Crippen molar-refractivity contribution < 1.29 is 0 Å². The number of rotatable bonds is 2. The Morgan fingerprint density at radius 3 is 2.36 bits per heavy atom. The molecule has 0 spiro atoms. The van der Waals surface area contributed by atoms with Gasteiger partial charge in [-0.25, -0.2) is 4.98 Å². The number of nitrogens with zero attached hydrogens (tertiary/aromatic N) is 2. The van der Waals surface area contributed by atoms with Crippen molar-refractivity contribution in [2.75, 3.05) is 18.0 Å². The lowest BCUT2D eigenvalue weighted by Crippen LogP contribution is -2.18. The van der Waals surface area contributed by atoms with E-state index in [1.807, 2.05) is 0 Å². The fourth-order valence-corrected chi connectivity index (χ4v) is 3.87. The Morgan fingerprint density at radius 2 is 1.48 bits per heavy atom. The number of para-hydroxylation sites is 1. The molecule has 2 heteroatoms. The predicted octanol–water partition coefficient (Wildman–Crippen LogP) is 5.66. The Labute approximate surface area is 147 Å². The summed E-state index contributed by atoms with van der Waals surface area (Å²) in [4.78, 5) is 7.47. The van der Waals surface area contributed by atoms with E-state index >= 15 is 0 Å². The first kappa shape index (κ1) is 14.5. The molecule has 0 aliphatic carbocycles. The van der Waals surface area contributed by atoms with Crippen molar-refractivity contribution >= 4 is 27.4 Å². The fraction of sp³-hybridized carbons (Fsp3) is 0.174. The van der Waals surface area contributed by atoms with Crippen LogP contribution in [0.4, 0.5) is 5.69 Å². The summed E-state index contributed by atoms with van der Waals surface area (Å²) in [5.74, 6) is 0. The highest BCUT2D eigenvalue weighted by Crippen LogP contribution is 2.33. The van der Waals surface area contributed by atoms with Crippen LogP contribution in [-0.2, 0) is 0 Å². The van der Waals surface area contributed by atoms with Crippen LogP contribution < -0.4 is 4.90 Å². The molecule has 1 aromatic heterocycles. The lowest BCUT2D eigenvalue weighted by molar-refractivity contribution is 0.949. The third-order valence-electron chi connectivity index (χ3n) is 5.19. The van der Waals surface area contributed by atoms with Gasteiger partial charge in [0, 0.05) is 29.7 Å². The van der Waals surface area contributed by atoms with Crippen LogP contribution in [0, 0.1) is 0 Å². The van der Waals surface area contributed by atoms with Crippen LogP contribution in [0.25, 0.3) is 32.9 Å². The molecule has 0 N–H and O–H groups in total. The van der Waals surface area contributed by atoms with Crippen molar-refractivity contribution in [1.29, 1.82) is 0 Å². The van der Waals surface area contributed by atoms with Crippen LogP contribution in [-0.4, -0.2) is 18.1 Å². The first-order valence-electron chi connectivity index (χ1n) is 9.02. The maximum atomic E-state index is 4.96. The average Bonchev–Trinajstić information content (AvgIpc) is 3.21. The van der Waals surface area contributed by atoms with Crippen molar-refractivity contribution in [2.24, 2.45) is 0 Å². The quantitative estimate of drug-likeness (QED) is 0.473. The van der Waals surface area contributed by atoms with Crippen molar-refractivity contribution in [3.63, 3.8) is 0 Å². The average molecular weight is 324 g/mol. The molecule has 0 saturated carbocycles. The summed E-state index contributed by atoms with van der Waals surface area (Å²) >= 11 is 0. The van der Waals surface area contributed by atoms with E-state index in [0.717, 1.165) is 24.3 Å². The molecule has 0 radical (unpaired) electrons. The Kier molecular flexibility index (Phi) is 3.41. The summed E-state index contributed by atoms with van der Waals surface area (Å²) < 4.78 is 0. The van der Waals surface area contributed by atoms with Gasteiger partial charge < -0.3 is 4.90 Å². The van der Waals surface area contributed by atoms with Crippen molar-refractivity contribution in [1.82, 2.24) is 4.98 Å². The molecule has 0 atom stereocenters. The van der Waals surface area contributed by atoms with Gasteiger partial charge in [0.05, 0.1) is 11.2 Å². The van der Waals surface area contributed by atoms with Crippen LogP contribution in [0.2, 0.25) is 0 Å². The van der Waals surface area contributed by atoms with Crippen LogP contribution in [0.3, 0.4) is 0 Å². The predicted molar refractivity (Wildman–Crippen MR) is 106 cm³/mol. The number of hydrogen-bond donors (Lipinski definition) is 0. The van der Waals surface area contributed by atoms with Gasteiger partial charge in [0.15, 0.2) is 0 Å². The largest absolute Gasteiger partial charge is 0.371 e. The van der Waals surface area contributed by atoms with E-state index in [0.29, 0.717) is 0 Å². The van der Waals surface area contributed by atoms with Crippen LogP contribution in [0.1, 0.15) is 12.8 Å². The highest BCUT2D eigenvalue weighted by molar-refractivity contribution is 5.95. The Balaban J connectivity index is 1.72.